The highest BCUT2D eigenvalue weighted by Gasteiger charge is 2.06. The third-order valence-electron chi connectivity index (χ3n) is 4.02. The molecule has 0 atom stereocenters. The molecule has 1 aromatic rings. The van der Waals surface area contributed by atoms with Gasteiger partial charge in [0.05, 0.1) is 0 Å². The van der Waals surface area contributed by atoms with Gasteiger partial charge in [-0.1, -0.05) is 43.4 Å². The van der Waals surface area contributed by atoms with Gasteiger partial charge in [-0.25, -0.2) is 0 Å². The van der Waals surface area contributed by atoms with E-state index in [0.717, 1.165) is 37.7 Å². The van der Waals surface area contributed by atoms with Crippen LogP contribution in [0.25, 0.3) is 0 Å². The Labute approximate surface area is 147 Å². The number of hydrogen-bond donors (Lipinski definition) is 0. The summed E-state index contributed by atoms with van der Waals surface area (Å²) in [6.45, 7) is 4.45. The van der Waals surface area contributed by atoms with Gasteiger partial charge in [0.25, 0.3) is 0 Å². The van der Waals surface area contributed by atoms with Crippen LogP contribution in [0.1, 0.15) is 56.9 Å². The summed E-state index contributed by atoms with van der Waals surface area (Å²) in [4.78, 5) is 2.54. The van der Waals surface area contributed by atoms with Gasteiger partial charge in [-0.15, -0.1) is 23.2 Å². The quantitative estimate of drug-likeness (QED) is 0.296. The van der Waals surface area contributed by atoms with E-state index in [2.05, 4.69) is 36.1 Å². The molecule has 0 fully saturated rings. The van der Waals surface area contributed by atoms with Crippen LogP contribution in [0, 0.1) is 6.92 Å². The Hall–Kier alpha value is -0.400. The minimum atomic E-state index is 0.794. The van der Waals surface area contributed by atoms with Gasteiger partial charge in [-0.3, -0.25) is 0 Å². The van der Waals surface area contributed by atoms with Gasteiger partial charge in [0.2, 0.25) is 0 Å². The molecule has 0 aromatic heterocycles. The highest BCUT2D eigenvalue weighted by Crippen LogP contribution is 2.17. The normalized spacial score (nSPS) is 10.9. The van der Waals surface area contributed by atoms with E-state index in [1.807, 2.05) is 0 Å². The molecule has 0 saturated heterocycles. The lowest BCUT2D eigenvalue weighted by Gasteiger charge is -2.25. The molecule has 1 aromatic carbocycles. The summed E-state index contributed by atoms with van der Waals surface area (Å²) in [6, 6.07) is 8.94. The summed E-state index contributed by atoms with van der Waals surface area (Å²) in [6.07, 6.45) is 9.86. The maximum Gasteiger partial charge on any atom is 0.0366 e. The van der Waals surface area contributed by atoms with Crippen LogP contribution in [0.4, 0.5) is 5.69 Å². The molecular formula is C19H31Cl2N. The standard InChI is InChI=1S/C19H31Cl2N/c1-18-10-12-19(13-11-18)22(16-8-4-2-6-14-20)17-9-5-3-7-15-21/h10-13H,2-9,14-17H2,1H3. The van der Waals surface area contributed by atoms with Crippen LogP contribution in [0.5, 0.6) is 0 Å². The Morgan fingerprint density at radius 1 is 0.682 bits per heavy atom. The Balaban J connectivity index is 2.40. The van der Waals surface area contributed by atoms with E-state index in [9.17, 15) is 0 Å². The second-order valence-electron chi connectivity index (χ2n) is 6.03. The van der Waals surface area contributed by atoms with Gasteiger partial charge in [0.1, 0.15) is 0 Å². The molecule has 0 heterocycles. The second kappa shape index (κ2) is 13.1. The maximum absolute atomic E-state index is 5.74. The van der Waals surface area contributed by atoms with E-state index in [1.54, 1.807) is 0 Å². The first-order chi connectivity index (χ1) is 10.8. The number of halogens is 2. The molecule has 0 spiro atoms. The van der Waals surface area contributed by atoms with E-state index in [1.165, 1.54) is 49.8 Å². The topological polar surface area (TPSA) is 3.24 Å². The monoisotopic (exact) mass is 343 g/mol. The number of rotatable bonds is 13. The molecule has 0 amide bonds. The lowest BCUT2D eigenvalue weighted by molar-refractivity contribution is 0.610. The second-order valence-corrected chi connectivity index (χ2v) is 6.78. The summed E-state index contributed by atoms with van der Waals surface area (Å²) in [5.41, 5.74) is 2.69. The molecule has 1 nitrogen and oxygen atoms in total. The fraction of sp³-hybridized carbons (Fsp3) is 0.684. The largest absolute Gasteiger partial charge is 0.372 e. The Kier molecular flexibility index (Phi) is 11.7. The molecule has 0 bridgehead atoms. The molecule has 0 aliphatic heterocycles. The van der Waals surface area contributed by atoms with Crippen LogP contribution in [-0.4, -0.2) is 24.8 Å². The lowest BCUT2D eigenvalue weighted by atomic mass is 10.1. The van der Waals surface area contributed by atoms with Gasteiger partial charge in [0, 0.05) is 30.5 Å². The van der Waals surface area contributed by atoms with Crippen LogP contribution in [0.15, 0.2) is 24.3 Å². The number of anilines is 1. The van der Waals surface area contributed by atoms with Gasteiger partial charge in [-0.05, 0) is 44.7 Å². The summed E-state index contributed by atoms with van der Waals surface area (Å²) >= 11 is 11.5. The van der Waals surface area contributed by atoms with Crippen LogP contribution < -0.4 is 4.90 Å². The van der Waals surface area contributed by atoms with E-state index < -0.39 is 0 Å². The average Bonchev–Trinajstić information content (AvgIpc) is 2.53. The van der Waals surface area contributed by atoms with E-state index in [4.69, 9.17) is 23.2 Å². The van der Waals surface area contributed by atoms with Crippen molar-refractivity contribution in [1.29, 1.82) is 0 Å². The SMILES string of the molecule is Cc1ccc(N(CCCCCCCl)CCCCCCCl)cc1. The summed E-state index contributed by atoms with van der Waals surface area (Å²) in [5.74, 6) is 1.59. The Morgan fingerprint density at radius 2 is 1.14 bits per heavy atom. The zero-order valence-electron chi connectivity index (χ0n) is 14.0. The number of nitrogens with zero attached hydrogens (tertiary/aromatic N) is 1. The maximum atomic E-state index is 5.74. The lowest BCUT2D eigenvalue weighted by Crippen LogP contribution is -2.25. The molecule has 0 saturated carbocycles. The molecule has 22 heavy (non-hydrogen) atoms. The van der Waals surface area contributed by atoms with E-state index in [0.29, 0.717) is 0 Å². The third-order valence-corrected chi connectivity index (χ3v) is 4.56. The summed E-state index contributed by atoms with van der Waals surface area (Å²) < 4.78 is 0. The van der Waals surface area contributed by atoms with Crippen molar-refractivity contribution in [2.45, 2.75) is 58.3 Å². The zero-order valence-corrected chi connectivity index (χ0v) is 15.5. The summed E-state index contributed by atoms with van der Waals surface area (Å²) in [7, 11) is 0. The van der Waals surface area contributed by atoms with Crippen LogP contribution in [0.3, 0.4) is 0 Å². The molecule has 0 aliphatic carbocycles. The van der Waals surface area contributed by atoms with E-state index in [-0.39, 0.29) is 0 Å². The van der Waals surface area contributed by atoms with Crippen molar-refractivity contribution in [2.24, 2.45) is 0 Å². The fourth-order valence-electron chi connectivity index (χ4n) is 2.63. The van der Waals surface area contributed by atoms with Gasteiger partial charge >= 0.3 is 0 Å². The molecule has 0 N–H and O–H groups in total. The van der Waals surface area contributed by atoms with Crippen LogP contribution in [0.2, 0.25) is 0 Å². The first kappa shape index (κ1) is 19.6. The minimum absolute atomic E-state index is 0.794. The van der Waals surface area contributed by atoms with Gasteiger partial charge in [-0.2, -0.15) is 0 Å². The number of benzene rings is 1. The number of alkyl halides is 2. The fourth-order valence-corrected chi connectivity index (χ4v) is 3.00. The summed E-state index contributed by atoms with van der Waals surface area (Å²) in [5, 5.41) is 0. The molecule has 0 aliphatic rings. The van der Waals surface area contributed by atoms with Crippen molar-refractivity contribution in [1.82, 2.24) is 0 Å². The average molecular weight is 344 g/mol. The Bertz CT molecular complexity index is 350. The molecule has 126 valence electrons. The van der Waals surface area contributed by atoms with Crippen molar-refractivity contribution in [3.8, 4) is 0 Å². The van der Waals surface area contributed by atoms with Crippen molar-refractivity contribution < 1.29 is 0 Å². The molecule has 0 unspecified atom stereocenters. The first-order valence-corrected chi connectivity index (χ1v) is 9.78. The number of hydrogen-bond acceptors (Lipinski definition) is 1. The van der Waals surface area contributed by atoms with Crippen molar-refractivity contribution in [3.05, 3.63) is 29.8 Å². The highest BCUT2D eigenvalue weighted by atomic mass is 35.5. The Morgan fingerprint density at radius 3 is 1.59 bits per heavy atom. The first-order valence-electron chi connectivity index (χ1n) is 8.71. The predicted octanol–water partition coefficient (Wildman–Crippen LogP) is 6.40. The zero-order chi connectivity index (χ0) is 16.0. The van der Waals surface area contributed by atoms with Crippen molar-refractivity contribution >= 4 is 28.9 Å². The van der Waals surface area contributed by atoms with Crippen LogP contribution in [-0.2, 0) is 0 Å². The number of unbranched alkanes of at least 4 members (excludes halogenated alkanes) is 6. The van der Waals surface area contributed by atoms with Crippen LogP contribution >= 0.6 is 23.2 Å². The van der Waals surface area contributed by atoms with Gasteiger partial charge < -0.3 is 4.90 Å². The minimum Gasteiger partial charge on any atom is -0.372 e. The molecular weight excluding hydrogens is 313 g/mol. The van der Waals surface area contributed by atoms with Crippen molar-refractivity contribution in [2.75, 3.05) is 29.7 Å². The van der Waals surface area contributed by atoms with Crippen molar-refractivity contribution in [3.63, 3.8) is 0 Å². The predicted molar refractivity (Wildman–Crippen MR) is 102 cm³/mol. The molecule has 1 rings (SSSR count). The third kappa shape index (κ3) is 8.90. The van der Waals surface area contributed by atoms with E-state index >= 15 is 0 Å². The smallest absolute Gasteiger partial charge is 0.0366 e. The highest BCUT2D eigenvalue weighted by molar-refractivity contribution is 6.18. The number of aryl methyl sites for hydroxylation is 1. The molecule has 3 heteroatoms. The van der Waals surface area contributed by atoms with Gasteiger partial charge in [0.15, 0.2) is 0 Å². The molecule has 0 radical (unpaired) electrons.